The Bertz CT molecular complexity index is 578. The summed E-state index contributed by atoms with van der Waals surface area (Å²) < 4.78 is 10.9. The zero-order chi connectivity index (χ0) is 13.8. The highest BCUT2D eigenvalue weighted by atomic mass is 35.5. The van der Waals surface area contributed by atoms with Crippen LogP contribution >= 0.6 is 11.6 Å². The molecule has 1 aromatic carbocycles. The van der Waals surface area contributed by atoms with Crippen molar-refractivity contribution < 1.29 is 13.9 Å². The second-order valence-electron chi connectivity index (χ2n) is 4.18. The Labute approximate surface area is 116 Å². The van der Waals surface area contributed by atoms with E-state index < -0.39 is 0 Å². The Kier molecular flexibility index (Phi) is 4.12. The second kappa shape index (κ2) is 5.80. The molecule has 5 heteroatoms. The van der Waals surface area contributed by atoms with Gasteiger partial charge < -0.3 is 14.1 Å². The molecule has 0 unspecified atom stereocenters. The quantitative estimate of drug-likeness (QED) is 0.863. The molecular weight excluding hydrogens is 266 g/mol. The van der Waals surface area contributed by atoms with Crippen LogP contribution in [0.15, 0.2) is 40.8 Å². The van der Waals surface area contributed by atoms with E-state index in [1.807, 2.05) is 12.1 Å². The molecule has 2 aromatic rings. The standard InChI is InChI=1S/C14H14ClNO3/c1-16(2)14(17)13-8-7-10(19-13)9-18-12-6-4-3-5-11(12)15/h3-8H,9H2,1-2H3. The molecule has 0 radical (unpaired) electrons. The molecule has 19 heavy (non-hydrogen) atoms. The minimum absolute atomic E-state index is 0.177. The molecule has 0 fully saturated rings. The molecule has 1 aromatic heterocycles. The Balaban J connectivity index is 2.01. The third-order valence-corrected chi connectivity index (χ3v) is 2.80. The Morgan fingerprint density at radius 2 is 2.00 bits per heavy atom. The van der Waals surface area contributed by atoms with Gasteiger partial charge in [0.05, 0.1) is 5.02 Å². The van der Waals surface area contributed by atoms with E-state index >= 15 is 0 Å². The van der Waals surface area contributed by atoms with Gasteiger partial charge in [0.1, 0.15) is 18.1 Å². The monoisotopic (exact) mass is 279 g/mol. The number of ether oxygens (including phenoxy) is 1. The van der Waals surface area contributed by atoms with Crippen LogP contribution in [0.2, 0.25) is 5.02 Å². The lowest BCUT2D eigenvalue weighted by molar-refractivity contribution is 0.0792. The van der Waals surface area contributed by atoms with Crippen molar-refractivity contribution in [3.05, 3.63) is 52.9 Å². The van der Waals surface area contributed by atoms with Gasteiger partial charge in [0, 0.05) is 14.1 Å². The smallest absolute Gasteiger partial charge is 0.289 e. The Morgan fingerprint density at radius 1 is 1.26 bits per heavy atom. The first-order chi connectivity index (χ1) is 9.08. The molecule has 0 aliphatic heterocycles. The van der Waals surface area contributed by atoms with Crippen molar-refractivity contribution in [2.45, 2.75) is 6.61 Å². The third-order valence-electron chi connectivity index (χ3n) is 2.49. The molecule has 0 atom stereocenters. The maximum absolute atomic E-state index is 11.7. The molecule has 1 heterocycles. The van der Waals surface area contributed by atoms with Crippen LogP contribution in [0.3, 0.4) is 0 Å². The van der Waals surface area contributed by atoms with E-state index in [0.29, 0.717) is 22.3 Å². The molecule has 2 rings (SSSR count). The van der Waals surface area contributed by atoms with Crippen molar-refractivity contribution in [2.24, 2.45) is 0 Å². The van der Waals surface area contributed by atoms with Crippen LogP contribution in [-0.2, 0) is 6.61 Å². The van der Waals surface area contributed by atoms with Gasteiger partial charge in [0.25, 0.3) is 5.91 Å². The molecule has 1 amide bonds. The van der Waals surface area contributed by atoms with Crippen molar-refractivity contribution in [1.29, 1.82) is 0 Å². The summed E-state index contributed by atoms with van der Waals surface area (Å²) in [6.07, 6.45) is 0. The van der Waals surface area contributed by atoms with Crippen LogP contribution in [0.1, 0.15) is 16.3 Å². The number of para-hydroxylation sites is 1. The number of hydrogen-bond donors (Lipinski definition) is 0. The van der Waals surface area contributed by atoms with E-state index in [1.54, 1.807) is 38.4 Å². The fraction of sp³-hybridized carbons (Fsp3) is 0.214. The van der Waals surface area contributed by atoms with Crippen LogP contribution in [0.25, 0.3) is 0 Å². The normalized spacial score (nSPS) is 10.3. The molecule has 0 N–H and O–H groups in total. The summed E-state index contributed by atoms with van der Waals surface area (Å²) >= 11 is 5.97. The summed E-state index contributed by atoms with van der Waals surface area (Å²) in [7, 11) is 3.34. The van der Waals surface area contributed by atoms with E-state index in [0.717, 1.165) is 0 Å². The fourth-order valence-electron chi connectivity index (χ4n) is 1.50. The summed E-state index contributed by atoms with van der Waals surface area (Å²) in [4.78, 5) is 13.1. The number of nitrogens with zero attached hydrogens (tertiary/aromatic N) is 1. The molecule has 0 bridgehead atoms. The van der Waals surface area contributed by atoms with Crippen molar-refractivity contribution in [1.82, 2.24) is 4.90 Å². The van der Waals surface area contributed by atoms with Gasteiger partial charge in [-0.2, -0.15) is 0 Å². The van der Waals surface area contributed by atoms with Crippen LogP contribution in [0.4, 0.5) is 0 Å². The molecular formula is C14H14ClNO3. The summed E-state index contributed by atoms with van der Waals surface area (Å²) in [6.45, 7) is 0.227. The Morgan fingerprint density at radius 3 is 2.68 bits per heavy atom. The number of rotatable bonds is 4. The van der Waals surface area contributed by atoms with E-state index in [2.05, 4.69) is 0 Å². The lowest BCUT2D eigenvalue weighted by atomic mass is 10.3. The highest BCUT2D eigenvalue weighted by Crippen LogP contribution is 2.24. The number of carbonyl (C=O) groups excluding carboxylic acids is 1. The topological polar surface area (TPSA) is 42.7 Å². The van der Waals surface area contributed by atoms with Crippen molar-refractivity contribution in [3.63, 3.8) is 0 Å². The predicted octanol–water partition coefficient (Wildman–Crippen LogP) is 3.21. The highest BCUT2D eigenvalue weighted by molar-refractivity contribution is 6.32. The van der Waals surface area contributed by atoms with Crippen LogP contribution in [0.5, 0.6) is 5.75 Å². The molecule has 100 valence electrons. The van der Waals surface area contributed by atoms with Crippen molar-refractivity contribution in [2.75, 3.05) is 14.1 Å². The van der Waals surface area contributed by atoms with E-state index in [9.17, 15) is 4.79 Å². The van der Waals surface area contributed by atoms with Gasteiger partial charge >= 0.3 is 0 Å². The van der Waals surface area contributed by atoms with Gasteiger partial charge in [-0.25, -0.2) is 0 Å². The first kappa shape index (κ1) is 13.5. The number of halogens is 1. The average Bonchev–Trinajstić information content (AvgIpc) is 2.85. The van der Waals surface area contributed by atoms with Gasteiger partial charge in [-0.1, -0.05) is 23.7 Å². The van der Waals surface area contributed by atoms with Crippen LogP contribution in [-0.4, -0.2) is 24.9 Å². The van der Waals surface area contributed by atoms with Gasteiger partial charge in [0.2, 0.25) is 0 Å². The van der Waals surface area contributed by atoms with Crippen molar-refractivity contribution >= 4 is 17.5 Å². The SMILES string of the molecule is CN(C)C(=O)c1ccc(COc2ccccc2Cl)o1. The van der Waals surface area contributed by atoms with Crippen molar-refractivity contribution in [3.8, 4) is 5.75 Å². The zero-order valence-corrected chi connectivity index (χ0v) is 11.5. The third kappa shape index (κ3) is 3.29. The second-order valence-corrected chi connectivity index (χ2v) is 4.59. The van der Waals surface area contributed by atoms with E-state index in [-0.39, 0.29) is 12.5 Å². The number of amides is 1. The minimum atomic E-state index is -0.177. The van der Waals surface area contributed by atoms with Gasteiger partial charge in [-0.05, 0) is 24.3 Å². The number of benzene rings is 1. The molecule has 0 aliphatic rings. The highest BCUT2D eigenvalue weighted by Gasteiger charge is 2.13. The molecule has 4 nitrogen and oxygen atoms in total. The lowest BCUT2D eigenvalue weighted by Crippen LogP contribution is -2.20. The zero-order valence-electron chi connectivity index (χ0n) is 10.7. The molecule has 0 saturated carbocycles. The number of furan rings is 1. The summed E-state index contributed by atoms with van der Waals surface area (Å²) in [5, 5.41) is 0.540. The number of hydrogen-bond acceptors (Lipinski definition) is 3. The van der Waals surface area contributed by atoms with Gasteiger partial charge in [0.15, 0.2) is 5.76 Å². The lowest BCUT2D eigenvalue weighted by Gasteiger charge is -2.07. The largest absolute Gasteiger partial charge is 0.484 e. The molecule has 0 saturated heterocycles. The molecule has 0 aliphatic carbocycles. The average molecular weight is 280 g/mol. The maximum Gasteiger partial charge on any atom is 0.289 e. The summed E-state index contributed by atoms with van der Waals surface area (Å²) in [6, 6.07) is 10.5. The number of carbonyl (C=O) groups is 1. The minimum Gasteiger partial charge on any atom is -0.484 e. The van der Waals surface area contributed by atoms with Gasteiger partial charge in [-0.3, -0.25) is 4.79 Å². The fourth-order valence-corrected chi connectivity index (χ4v) is 1.69. The van der Waals surface area contributed by atoms with Crippen LogP contribution in [0, 0.1) is 0 Å². The maximum atomic E-state index is 11.7. The molecule has 0 spiro atoms. The first-order valence-electron chi connectivity index (χ1n) is 5.75. The Hall–Kier alpha value is -1.94. The predicted molar refractivity (Wildman–Crippen MR) is 72.5 cm³/mol. The summed E-state index contributed by atoms with van der Waals surface area (Å²) in [5.74, 6) is 1.28. The summed E-state index contributed by atoms with van der Waals surface area (Å²) in [5.41, 5.74) is 0. The van der Waals surface area contributed by atoms with E-state index in [4.69, 9.17) is 20.8 Å². The first-order valence-corrected chi connectivity index (χ1v) is 6.13. The van der Waals surface area contributed by atoms with E-state index in [1.165, 1.54) is 4.90 Å². The van der Waals surface area contributed by atoms with Gasteiger partial charge in [-0.15, -0.1) is 0 Å². The van der Waals surface area contributed by atoms with Crippen LogP contribution < -0.4 is 4.74 Å².